The van der Waals surface area contributed by atoms with Crippen LogP contribution in [0.15, 0.2) is 24.3 Å². The van der Waals surface area contributed by atoms with Crippen LogP contribution in [-0.2, 0) is 4.79 Å². The van der Waals surface area contributed by atoms with Gasteiger partial charge in [-0.1, -0.05) is 6.92 Å². The van der Waals surface area contributed by atoms with Crippen LogP contribution in [0.25, 0.3) is 0 Å². The Balaban J connectivity index is 1.67. The highest BCUT2D eigenvalue weighted by molar-refractivity contribution is 6.00. The Morgan fingerprint density at radius 1 is 1.15 bits per heavy atom. The molecule has 1 heterocycles. The van der Waals surface area contributed by atoms with Crippen molar-refractivity contribution in [1.82, 2.24) is 0 Å². The molecule has 0 radical (unpaired) electrons. The Labute approximate surface area is 157 Å². The molecule has 1 aromatic rings. The number of carbonyl (C=O) groups is 1. The zero-order valence-electron chi connectivity index (χ0n) is 15.7. The first-order valence-electron chi connectivity index (χ1n) is 9.46. The first-order chi connectivity index (χ1) is 12.6. The molecule has 1 aromatic carbocycles. The van der Waals surface area contributed by atoms with Gasteiger partial charge in [0, 0.05) is 12.2 Å². The zero-order valence-corrected chi connectivity index (χ0v) is 15.7. The summed E-state index contributed by atoms with van der Waals surface area (Å²) in [6.07, 6.45) is -2.25. The molecule has 1 saturated heterocycles. The average Bonchev–Trinajstić information content (AvgIpc) is 2.94. The summed E-state index contributed by atoms with van der Waals surface area (Å²) in [5.74, 6) is 0.175. The molecule has 1 aliphatic heterocycles. The number of nitrogens with zero attached hydrogens (tertiary/aromatic N) is 1. The van der Waals surface area contributed by atoms with Crippen molar-refractivity contribution in [3.05, 3.63) is 24.3 Å². The minimum atomic E-state index is -4.42. The molecule has 3 rings (SSSR count). The summed E-state index contributed by atoms with van der Waals surface area (Å²) in [5, 5.41) is 10.4. The van der Waals surface area contributed by atoms with Crippen LogP contribution in [0.1, 0.15) is 52.4 Å². The second-order valence-electron chi connectivity index (χ2n) is 7.86. The fourth-order valence-electron chi connectivity index (χ4n) is 4.05. The van der Waals surface area contributed by atoms with E-state index < -0.39 is 23.3 Å². The van der Waals surface area contributed by atoms with Crippen molar-refractivity contribution in [2.24, 2.45) is 5.41 Å². The minimum absolute atomic E-state index is 0.0537. The summed E-state index contributed by atoms with van der Waals surface area (Å²) in [4.78, 5) is 14.7. The van der Waals surface area contributed by atoms with Crippen LogP contribution in [0.2, 0.25) is 0 Å². The number of hydrogen-bond donors (Lipinski definition) is 1. The highest BCUT2D eigenvalue weighted by Crippen LogP contribution is 2.49. The van der Waals surface area contributed by atoms with Crippen molar-refractivity contribution in [3.63, 3.8) is 0 Å². The second-order valence-corrected chi connectivity index (χ2v) is 7.86. The van der Waals surface area contributed by atoms with E-state index in [4.69, 9.17) is 4.74 Å². The van der Waals surface area contributed by atoms with Crippen molar-refractivity contribution < 1.29 is 27.8 Å². The summed E-state index contributed by atoms with van der Waals surface area (Å²) in [6.45, 7) is 3.51. The predicted molar refractivity (Wildman–Crippen MR) is 95.7 cm³/mol. The Morgan fingerprint density at radius 3 is 2.26 bits per heavy atom. The van der Waals surface area contributed by atoms with E-state index in [9.17, 15) is 23.1 Å². The van der Waals surface area contributed by atoms with Gasteiger partial charge in [0.15, 0.2) is 6.10 Å². The van der Waals surface area contributed by atoms with Gasteiger partial charge in [0.2, 0.25) is 5.91 Å². The molecule has 1 saturated carbocycles. The van der Waals surface area contributed by atoms with Crippen LogP contribution in [0.4, 0.5) is 18.9 Å². The van der Waals surface area contributed by atoms with Gasteiger partial charge in [0.1, 0.15) is 5.75 Å². The number of halogens is 3. The van der Waals surface area contributed by atoms with Crippen molar-refractivity contribution >= 4 is 11.6 Å². The van der Waals surface area contributed by atoms with E-state index >= 15 is 0 Å². The number of hydrogen-bond acceptors (Lipinski definition) is 3. The fraction of sp³-hybridized carbons (Fsp3) is 0.650. The Kier molecular flexibility index (Phi) is 5.18. The van der Waals surface area contributed by atoms with Crippen LogP contribution in [0.3, 0.4) is 0 Å². The third kappa shape index (κ3) is 3.93. The SMILES string of the molecule is CC[C@]1(O)CC[C@@]2(CCN(c3ccc(O[C@H](C)C(F)(F)F)cc3)C2=O)CC1. The molecule has 1 atom stereocenters. The number of carbonyl (C=O) groups excluding carboxylic acids is 1. The topological polar surface area (TPSA) is 49.8 Å². The molecular formula is C20H26F3NO3. The highest BCUT2D eigenvalue weighted by atomic mass is 19.4. The molecule has 4 nitrogen and oxygen atoms in total. The Morgan fingerprint density at radius 2 is 1.74 bits per heavy atom. The zero-order chi connectivity index (χ0) is 19.9. The van der Waals surface area contributed by atoms with Crippen LogP contribution in [0.5, 0.6) is 5.75 Å². The molecule has 0 aromatic heterocycles. The quantitative estimate of drug-likeness (QED) is 0.833. The first-order valence-corrected chi connectivity index (χ1v) is 9.46. The van der Waals surface area contributed by atoms with E-state index in [1.54, 1.807) is 17.0 Å². The average molecular weight is 385 g/mol. The number of alkyl halides is 3. The second kappa shape index (κ2) is 7.00. The van der Waals surface area contributed by atoms with E-state index in [1.807, 2.05) is 6.92 Å². The lowest BCUT2D eigenvalue weighted by atomic mass is 9.67. The number of aliphatic hydroxyl groups is 1. The maximum absolute atomic E-state index is 13.0. The molecule has 2 aliphatic rings. The van der Waals surface area contributed by atoms with Crippen LogP contribution in [-0.4, -0.2) is 35.4 Å². The minimum Gasteiger partial charge on any atom is -0.481 e. The molecule has 1 spiro atoms. The molecule has 150 valence electrons. The van der Waals surface area contributed by atoms with Crippen molar-refractivity contribution in [1.29, 1.82) is 0 Å². The van der Waals surface area contributed by atoms with Crippen LogP contribution in [0, 0.1) is 5.41 Å². The normalized spacial score (nSPS) is 30.0. The summed E-state index contributed by atoms with van der Waals surface area (Å²) >= 11 is 0. The molecule has 7 heteroatoms. The summed E-state index contributed by atoms with van der Waals surface area (Å²) in [6, 6.07) is 6.18. The predicted octanol–water partition coefficient (Wildman–Crippen LogP) is 4.45. The summed E-state index contributed by atoms with van der Waals surface area (Å²) < 4.78 is 42.7. The molecule has 1 aliphatic carbocycles. The van der Waals surface area contributed by atoms with Gasteiger partial charge in [-0.25, -0.2) is 0 Å². The molecule has 0 bridgehead atoms. The van der Waals surface area contributed by atoms with Gasteiger partial charge in [-0.05, 0) is 69.7 Å². The smallest absolute Gasteiger partial charge is 0.425 e. The lowest BCUT2D eigenvalue weighted by molar-refractivity contribution is -0.189. The molecule has 1 N–H and O–H groups in total. The molecule has 0 unspecified atom stereocenters. The van der Waals surface area contributed by atoms with Gasteiger partial charge in [0.05, 0.1) is 11.0 Å². The van der Waals surface area contributed by atoms with E-state index in [1.165, 1.54) is 12.1 Å². The lowest BCUT2D eigenvalue weighted by Gasteiger charge is -2.40. The van der Waals surface area contributed by atoms with Gasteiger partial charge < -0.3 is 14.7 Å². The summed E-state index contributed by atoms with van der Waals surface area (Å²) in [5.41, 5.74) is -0.408. The van der Waals surface area contributed by atoms with Crippen molar-refractivity contribution in [2.45, 2.75) is 70.3 Å². The fourth-order valence-corrected chi connectivity index (χ4v) is 4.05. The van der Waals surface area contributed by atoms with Gasteiger partial charge in [0.25, 0.3) is 0 Å². The van der Waals surface area contributed by atoms with Crippen LogP contribution >= 0.6 is 0 Å². The third-order valence-electron chi connectivity index (χ3n) is 6.23. The molecule has 1 amide bonds. The number of anilines is 1. The monoisotopic (exact) mass is 385 g/mol. The van der Waals surface area contributed by atoms with E-state index in [2.05, 4.69) is 0 Å². The maximum Gasteiger partial charge on any atom is 0.425 e. The van der Waals surface area contributed by atoms with Gasteiger partial charge in [-0.15, -0.1) is 0 Å². The number of rotatable bonds is 4. The lowest BCUT2D eigenvalue weighted by Crippen LogP contribution is -2.43. The van der Waals surface area contributed by atoms with E-state index in [0.717, 1.165) is 13.3 Å². The van der Waals surface area contributed by atoms with E-state index in [0.29, 0.717) is 44.3 Å². The van der Waals surface area contributed by atoms with Gasteiger partial charge >= 0.3 is 6.18 Å². The van der Waals surface area contributed by atoms with Gasteiger partial charge in [-0.3, -0.25) is 4.79 Å². The van der Waals surface area contributed by atoms with Crippen LogP contribution < -0.4 is 9.64 Å². The Bertz CT molecular complexity index is 679. The van der Waals surface area contributed by atoms with Gasteiger partial charge in [-0.2, -0.15) is 13.2 Å². The third-order valence-corrected chi connectivity index (χ3v) is 6.23. The number of benzene rings is 1. The number of ether oxygens (including phenoxy) is 1. The Hall–Kier alpha value is -1.76. The van der Waals surface area contributed by atoms with E-state index in [-0.39, 0.29) is 11.7 Å². The highest BCUT2D eigenvalue weighted by Gasteiger charge is 2.51. The standard InChI is InChI=1S/C20H26F3NO3/c1-3-19(26)10-8-18(9-11-19)12-13-24(17(18)25)15-4-6-16(7-5-15)27-14(2)20(21,22)23/h4-7,14,26H,3,8-13H2,1-2H3/t14-,18-,19-/m1/s1. The van der Waals surface area contributed by atoms with Crippen molar-refractivity contribution in [3.8, 4) is 5.75 Å². The number of amides is 1. The largest absolute Gasteiger partial charge is 0.481 e. The van der Waals surface area contributed by atoms with Crippen molar-refractivity contribution in [2.75, 3.05) is 11.4 Å². The molecule has 2 fully saturated rings. The summed E-state index contributed by atoms with van der Waals surface area (Å²) in [7, 11) is 0. The molecular weight excluding hydrogens is 359 g/mol. The first kappa shape index (κ1) is 20.0. The maximum atomic E-state index is 13.0. The molecule has 27 heavy (non-hydrogen) atoms.